The number of hydrogen-bond donors (Lipinski definition) is 1. The van der Waals surface area contributed by atoms with E-state index in [2.05, 4.69) is 15.2 Å². The van der Waals surface area contributed by atoms with E-state index in [1.807, 2.05) is 0 Å². The average molecular weight is 276 g/mol. The van der Waals surface area contributed by atoms with Gasteiger partial charge in [0.15, 0.2) is 0 Å². The summed E-state index contributed by atoms with van der Waals surface area (Å²) in [4.78, 5) is 3.56. The van der Waals surface area contributed by atoms with Gasteiger partial charge in [0.05, 0.1) is 0 Å². The second kappa shape index (κ2) is 7.25. The summed E-state index contributed by atoms with van der Waals surface area (Å²) in [5.74, 6) is 0. The van der Waals surface area contributed by atoms with E-state index in [-0.39, 0.29) is 0 Å². The summed E-state index contributed by atoms with van der Waals surface area (Å²) in [5, 5.41) is 7.10. The lowest BCUT2D eigenvalue weighted by molar-refractivity contribution is 0.360. The molecule has 0 fully saturated rings. The van der Waals surface area contributed by atoms with E-state index in [0.29, 0.717) is 16.5 Å². The Hall–Kier alpha value is -1.13. The Labute approximate surface area is 109 Å². The molecule has 92 valence electrons. The van der Waals surface area contributed by atoms with Crippen molar-refractivity contribution in [3.05, 3.63) is 46.5 Å². The van der Waals surface area contributed by atoms with Crippen molar-refractivity contribution in [2.75, 3.05) is 0 Å². The standard InChI is InChI=1S/C9H9Cl2F.C2H3N3/c1-6(12)4-7-2-3-8(10)5-9(7)11;1-3-2-5-4-1/h2-3,5-6H,4H2,1H3;1-2H,(H,3,4,5). The minimum absolute atomic E-state index is 0.343. The molecule has 0 amide bonds. The van der Waals surface area contributed by atoms with Crippen LogP contribution in [0.5, 0.6) is 0 Å². The predicted octanol–water partition coefficient (Wildman–Crippen LogP) is 3.70. The number of rotatable bonds is 2. The molecule has 0 saturated carbocycles. The number of nitrogens with one attached hydrogen (secondary N) is 1. The summed E-state index contributed by atoms with van der Waals surface area (Å²) < 4.78 is 12.6. The fraction of sp³-hybridized carbons (Fsp3) is 0.273. The molecule has 1 heterocycles. The number of aromatic nitrogens is 3. The van der Waals surface area contributed by atoms with Gasteiger partial charge in [0.25, 0.3) is 0 Å². The number of benzene rings is 1. The third kappa shape index (κ3) is 5.65. The van der Waals surface area contributed by atoms with Crippen molar-refractivity contribution in [3.8, 4) is 0 Å². The molecule has 1 atom stereocenters. The van der Waals surface area contributed by atoms with Gasteiger partial charge in [-0.05, 0) is 24.6 Å². The molecule has 1 unspecified atom stereocenters. The lowest BCUT2D eigenvalue weighted by Gasteiger charge is -2.04. The van der Waals surface area contributed by atoms with E-state index in [1.165, 1.54) is 19.6 Å². The van der Waals surface area contributed by atoms with Crippen LogP contribution < -0.4 is 0 Å². The summed E-state index contributed by atoms with van der Waals surface area (Å²) in [6.07, 6.45) is 2.43. The highest BCUT2D eigenvalue weighted by Crippen LogP contribution is 2.22. The SMILES string of the molecule is CC(F)Cc1ccc(Cl)cc1Cl.c1nc[nH]n1. The number of hydrogen-bond acceptors (Lipinski definition) is 2. The maximum absolute atomic E-state index is 12.6. The number of aromatic amines is 1. The van der Waals surface area contributed by atoms with E-state index in [1.54, 1.807) is 18.2 Å². The van der Waals surface area contributed by atoms with Gasteiger partial charge in [0.2, 0.25) is 0 Å². The normalized spacial score (nSPS) is 11.5. The van der Waals surface area contributed by atoms with Crippen molar-refractivity contribution in [2.45, 2.75) is 19.5 Å². The van der Waals surface area contributed by atoms with Crippen LogP contribution in [0.1, 0.15) is 12.5 Å². The Morgan fingerprint density at radius 2 is 2.18 bits per heavy atom. The number of nitrogens with zero attached hydrogens (tertiary/aromatic N) is 2. The van der Waals surface area contributed by atoms with E-state index in [9.17, 15) is 4.39 Å². The molecule has 1 aromatic heterocycles. The number of alkyl halides is 1. The lowest BCUT2D eigenvalue weighted by Crippen LogP contribution is -1.98. The molecule has 0 spiro atoms. The monoisotopic (exact) mass is 275 g/mol. The number of halogens is 3. The highest BCUT2D eigenvalue weighted by Gasteiger charge is 2.05. The van der Waals surface area contributed by atoms with Crippen LogP contribution in [0.25, 0.3) is 0 Å². The first-order valence-electron chi connectivity index (χ1n) is 4.96. The predicted molar refractivity (Wildman–Crippen MR) is 67.1 cm³/mol. The third-order valence-electron chi connectivity index (χ3n) is 1.85. The molecule has 1 N–H and O–H groups in total. The topological polar surface area (TPSA) is 41.6 Å². The van der Waals surface area contributed by atoms with Gasteiger partial charge in [-0.25, -0.2) is 9.37 Å². The van der Waals surface area contributed by atoms with Crippen LogP contribution in [0, 0.1) is 0 Å². The summed E-state index contributed by atoms with van der Waals surface area (Å²) in [5.41, 5.74) is 0.802. The zero-order valence-corrected chi connectivity index (χ0v) is 10.7. The van der Waals surface area contributed by atoms with E-state index in [0.717, 1.165) is 5.56 Å². The molecule has 0 aliphatic heterocycles. The molecule has 17 heavy (non-hydrogen) atoms. The maximum atomic E-state index is 12.6. The molecular weight excluding hydrogens is 264 g/mol. The fourth-order valence-electron chi connectivity index (χ4n) is 1.16. The molecule has 0 aliphatic rings. The molecule has 0 aliphatic carbocycles. The summed E-state index contributed by atoms with van der Waals surface area (Å²) >= 11 is 11.5. The zero-order valence-electron chi connectivity index (χ0n) is 9.20. The Morgan fingerprint density at radius 1 is 1.41 bits per heavy atom. The van der Waals surface area contributed by atoms with Crippen molar-refractivity contribution in [1.29, 1.82) is 0 Å². The average Bonchev–Trinajstić information content (AvgIpc) is 2.80. The van der Waals surface area contributed by atoms with Crippen LogP contribution in [0.4, 0.5) is 4.39 Å². The van der Waals surface area contributed by atoms with Crippen LogP contribution >= 0.6 is 23.2 Å². The van der Waals surface area contributed by atoms with Gasteiger partial charge in [-0.15, -0.1) is 0 Å². The largest absolute Gasteiger partial charge is 0.266 e. The van der Waals surface area contributed by atoms with Gasteiger partial charge < -0.3 is 0 Å². The molecule has 2 rings (SSSR count). The van der Waals surface area contributed by atoms with Gasteiger partial charge in [-0.3, -0.25) is 5.10 Å². The van der Waals surface area contributed by atoms with Crippen LogP contribution in [-0.2, 0) is 6.42 Å². The van der Waals surface area contributed by atoms with Gasteiger partial charge in [0, 0.05) is 16.5 Å². The fourth-order valence-corrected chi connectivity index (χ4v) is 1.64. The second-order valence-corrected chi connectivity index (χ2v) is 4.22. The number of H-pyrrole nitrogens is 1. The Balaban J connectivity index is 0.000000239. The van der Waals surface area contributed by atoms with Crippen LogP contribution in [-0.4, -0.2) is 21.4 Å². The van der Waals surface area contributed by atoms with Crippen molar-refractivity contribution < 1.29 is 4.39 Å². The second-order valence-electron chi connectivity index (χ2n) is 3.37. The minimum atomic E-state index is -0.872. The lowest BCUT2D eigenvalue weighted by atomic mass is 10.1. The highest BCUT2D eigenvalue weighted by molar-refractivity contribution is 6.35. The van der Waals surface area contributed by atoms with Crippen molar-refractivity contribution in [3.63, 3.8) is 0 Å². The van der Waals surface area contributed by atoms with Crippen molar-refractivity contribution in [1.82, 2.24) is 15.2 Å². The first-order valence-corrected chi connectivity index (χ1v) is 5.72. The Morgan fingerprint density at radius 3 is 2.59 bits per heavy atom. The quantitative estimate of drug-likeness (QED) is 0.908. The molecule has 3 nitrogen and oxygen atoms in total. The van der Waals surface area contributed by atoms with Gasteiger partial charge in [-0.1, -0.05) is 29.3 Å². The zero-order chi connectivity index (χ0) is 12.7. The van der Waals surface area contributed by atoms with Crippen LogP contribution in [0.15, 0.2) is 30.9 Å². The first kappa shape index (κ1) is 13.9. The summed E-state index contributed by atoms with van der Waals surface area (Å²) in [6, 6.07) is 5.09. The smallest absolute Gasteiger partial charge is 0.137 e. The van der Waals surface area contributed by atoms with E-state index >= 15 is 0 Å². The Bertz CT molecular complexity index is 415. The molecule has 1 aromatic carbocycles. The van der Waals surface area contributed by atoms with Gasteiger partial charge in [0.1, 0.15) is 18.8 Å². The minimum Gasteiger partial charge on any atom is -0.266 e. The van der Waals surface area contributed by atoms with Gasteiger partial charge >= 0.3 is 0 Å². The molecule has 6 heteroatoms. The Kier molecular flexibility index (Phi) is 5.94. The molecule has 0 bridgehead atoms. The van der Waals surface area contributed by atoms with Crippen LogP contribution in [0.2, 0.25) is 10.0 Å². The van der Waals surface area contributed by atoms with E-state index < -0.39 is 6.17 Å². The third-order valence-corrected chi connectivity index (χ3v) is 2.43. The molecular formula is C11H12Cl2FN3. The molecule has 2 aromatic rings. The maximum Gasteiger partial charge on any atom is 0.137 e. The van der Waals surface area contributed by atoms with Crippen molar-refractivity contribution in [2.24, 2.45) is 0 Å². The highest BCUT2D eigenvalue weighted by atomic mass is 35.5. The molecule has 0 radical (unpaired) electrons. The first-order chi connectivity index (χ1) is 8.09. The van der Waals surface area contributed by atoms with Crippen molar-refractivity contribution >= 4 is 23.2 Å². The van der Waals surface area contributed by atoms with Gasteiger partial charge in [-0.2, -0.15) is 5.10 Å². The summed E-state index contributed by atoms with van der Waals surface area (Å²) in [7, 11) is 0. The van der Waals surface area contributed by atoms with E-state index in [4.69, 9.17) is 23.2 Å². The summed E-state index contributed by atoms with van der Waals surface area (Å²) in [6.45, 7) is 1.50. The van der Waals surface area contributed by atoms with Crippen LogP contribution in [0.3, 0.4) is 0 Å². The molecule has 0 saturated heterocycles.